The molecule has 0 saturated heterocycles. The highest BCUT2D eigenvalue weighted by Gasteiger charge is 2.45. The Balaban J connectivity index is 1.73. The Morgan fingerprint density at radius 3 is 2.43 bits per heavy atom. The van der Waals surface area contributed by atoms with Crippen molar-refractivity contribution in [3.63, 3.8) is 0 Å². The molecule has 0 aliphatic carbocycles. The van der Waals surface area contributed by atoms with Crippen LogP contribution in [0.3, 0.4) is 0 Å². The minimum Gasteiger partial charge on any atom is -0.456 e. The summed E-state index contributed by atoms with van der Waals surface area (Å²) in [5.41, 5.74) is 1.26. The summed E-state index contributed by atoms with van der Waals surface area (Å²) in [6.45, 7) is 4.45. The molecule has 0 aromatic heterocycles. The molecule has 2 aromatic carbocycles. The molecule has 0 radical (unpaired) electrons. The van der Waals surface area contributed by atoms with Gasteiger partial charge in [0.2, 0.25) is 0 Å². The van der Waals surface area contributed by atoms with Gasteiger partial charge in [0.05, 0.1) is 10.5 Å². The number of Topliss-reactive ketones (excluding diaryl/α,β-unsaturated/α-hetero) is 1. The van der Waals surface area contributed by atoms with Crippen LogP contribution in [0.2, 0.25) is 0 Å². The van der Waals surface area contributed by atoms with Crippen LogP contribution in [-0.4, -0.2) is 46.0 Å². The van der Waals surface area contributed by atoms with Gasteiger partial charge in [-0.25, -0.2) is 4.79 Å². The Hall–Kier alpha value is -3.88. The number of nitro benzene ring substituents is 1. The molecule has 0 spiro atoms. The highest BCUT2D eigenvalue weighted by molar-refractivity contribution is 6.24. The number of aryl methyl sites for hydroxylation is 2. The fourth-order valence-corrected chi connectivity index (χ4v) is 3.15. The molecule has 9 heteroatoms. The fourth-order valence-electron chi connectivity index (χ4n) is 3.15. The van der Waals surface area contributed by atoms with E-state index in [1.807, 2.05) is 13.8 Å². The van der Waals surface area contributed by atoms with Crippen LogP contribution in [0.5, 0.6) is 0 Å². The van der Waals surface area contributed by atoms with Gasteiger partial charge >= 0.3 is 5.97 Å². The maximum absolute atomic E-state index is 12.6. The number of imide groups is 1. The van der Waals surface area contributed by atoms with Crippen molar-refractivity contribution in [1.82, 2.24) is 4.90 Å². The lowest BCUT2D eigenvalue weighted by molar-refractivity contribution is -0.385. The van der Waals surface area contributed by atoms with Crippen molar-refractivity contribution in [3.05, 3.63) is 74.3 Å². The van der Waals surface area contributed by atoms with Crippen molar-refractivity contribution < 1.29 is 28.8 Å². The summed E-state index contributed by atoms with van der Waals surface area (Å²) in [5.74, 6) is -3.18. The lowest BCUT2D eigenvalue weighted by Gasteiger charge is -2.20. The molecule has 1 aliphatic rings. The Bertz CT molecular complexity index is 1110. The molecule has 1 heterocycles. The molecule has 0 bridgehead atoms. The third-order valence-corrected chi connectivity index (χ3v) is 5.02. The number of nitro groups is 1. The average Bonchev–Trinajstić information content (AvgIpc) is 2.97. The maximum Gasteiger partial charge on any atom is 0.329 e. The van der Waals surface area contributed by atoms with Gasteiger partial charge in [0.25, 0.3) is 17.5 Å². The predicted octanol–water partition coefficient (Wildman–Crippen LogP) is 2.62. The molecular weight excluding hydrogens is 392 g/mol. The first-order valence-corrected chi connectivity index (χ1v) is 9.06. The number of ketones is 1. The lowest BCUT2D eigenvalue weighted by Crippen LogP contribution is -2.44. The SMILES string of the molecule is Cc1ccc(C(=O)COC(=O)[C@@H](C)N2C(=O)c3cccc([N+](=O)[O-])c3C2=O)cc1C. The number of carbonyl (C=O) groups is 4. The van der Waals surface area contributed by atoms with E-state index in [0.717, 1.165) is 17.2 Å². The van der Waals surface area contributed by atoms with Gasteiger partial charge in [-0.3, -0.25) is 29.4 Å². The maximum atomic E-state index is 12.6. The monoisotopic (exact) mass is 410 g/mol. The van der Waals surface area contributed by atoms with E-state index in [2.05, 4.69) is 0 Å². The number of benzene rings is 2. The number of amides is 2. The second kappa shape index (κ2) is 7.86. The van der Waals surface area contributed by atoms with Crippen molar-refractivity contribution in [2.24, 2.45) is 0 Å². The molecule has 30 heavy (non-hydrogen) atoms. The normalized spacial score (nSPS) is 13.8. The molecule has 0 N–H and O–H groups in total. The molecule has 3 rings (SSSR count). The van der Waals surface area contributed by atoms with Crippen molar-refractivity contribution >= 4 is 29.3 Å². The molecular formula is C21H18N2O7. The minimum atomic E-state index is -1.36. The second-order valence-electron chi connectivity index (χ2n) is 6.94. The molecule has 1 atom stereocenters. The van der Waals surface area contributed by atoms with E-state index in [4.69, 9.17) is 4.74 Å². The van der Waals surface area contributed by atoms with Crippen molar-refractivity contribution in [3.8, 4) is 0 Å². The molecule has 0 unspecified atom stereocenters. The number of nitrogens with zero attached hydrogens (tertiary/aromatic N) is 2. The largest absolute Gasteiger partial charge is 0.456 e. The standard InChI is InChI=1S/C21H18N2O7/c1-11-7-8-14(9-12(11)2)17(24)10-30-21(27)13(3)22-19(25)15-5-4-6-16(23(28)29)18(15)20(22)26/h4-9,13H,10H2,1-3H3/t13-/m1/s1. The van der Waals surface area contributed by atoms with Gasteiger partial charge in [-0.15, -0.1) is 0 Å². The van der Waals surface area contributed by atoms with Gasteiger partial charge < -0.3 is 4.74 Å². The van der Waals surface area contributed by atoms with Crippen LogP contribution in [0.1, 0.15) is 49.1 Å². The van der Waals surface area contributed by atoms with E-state index < -0.39 is 46.8 Å². The van der Waals surface area contributed by atoms with Crippen LogP contribution < -0.4 is 0 Å². The fraction of sp³-hybridized carbons (Fsp3) is 0.238. The van der Waals surface area contributed by atoms with E-state index in [-0.39, 0.29) is 11.1 Å². The highest BCUT2D eigenvalue weighted by Crippen LogP contribution is 2.32. The van der Waals surface area contributed by atoms with E-state index in [1.54, 1.807) is 18.2 Å². The number of rotatable bonds is 6. The van der Waals surface area contributed by atoms with Crippen LogP contribution in [0, 0.1) is 24.0 Å². The number of hydrogen-bond acceptors (Lipinski definition) is 7. The molecule has 0 fully saturated rings. The molecule has 1 aliphatic heterocycles. The quantitative estimate of drug-likeness (QED) is 0.236. The minimum absolute atomic E-state index is 0.153. The Morgan fingerprint density at radius 2 is 1.80 bits per heavy atom. The first kappa shape index (κ1) is 20.8. The zero-order valence-corrected chi connectivity index (χ0v) is 16.5. The van der Waals surface area contributed by atoms with Crippen LogP contribution in [0.15, 0.2) is 36.4 Å². The smallest absolute Gasteiger partial charge is 0.329 e. The van der Waals surface area contributed by atoms with Gasteiger partial charge in [-0.05, 0) is 44.0 Å². The Morgan fingerprint density at radius 1 is 1.10 bits per heavy atom. The van der Waals surface area contributed by atoms with E-state index in [9.17, 15) is 29.3 Å². The first-order valence-electron chi connectivity index (χ1n) is 9.06. The summed E-state index contributed by atoms with van der Waals surface area (Å²) in [5, 5.41) is 11.2. The van der Waals surface area contributed by atoms with Gasteiger partial charge in [-0.2, -0.15) is 0 Å². The zero-order valence-electron chi connectivity index (χ0n) is 16.5. The number of carbonyl (C=O) groups excluding carboxylic acids is 4. The van der Waals surface area contributed by atoms with Crippen LogP contribution in [0.25, 0.3) is 0 Å². The lowest BCUT2D eigenvalue weighted by atomic mass is 10.0. The van der Waals surface area contributed by atoms with E-state index in [0.29, 0.717) is 10.5 Å². The Labute approximate surface area is 171 Å². The highest BCUT2D eigenvalue weighted by atomic mass is 16.6. The summed E-state index contributed by atoms with van der Waals surface area (Å²) >= 11 is 0. The average molecular weight is 410 g/mol. The van der Waals surface area contributed by atoms with Crippen molar-refractivity contribution in [2.45, 2.75) is 26.8 Å². The second-order valence-corrected chi connectivity index (χ2v) is 6.94. The number of ether oxygens (including phenoxy) is 1. The van der Waals surface area contributed by atoms with Crippen LogP contribution in [-0.2, 0) is 9.53 Å². The first-order chi connectivity index (χ1) is 14.1. The summed E-state index contributed by atoms with van der Waals surface area (Å²) in [7, 11) is 0. The van der Waals surface area contributed by atoms with Gasteiger partial charge in [0, 0.05) is 11.6 Å². The molecule has 154 valence electrons. The summed E-state index contributed by atoms with van der Waals surface area (Å²) in [6, 6.07) is 7.39. The van der Waals surface area contributed by atoms with E-state index in [1.165, 1.54) is 19.1 Å². The van der Waals surface area contributed by atoms with Gasteiger partial charge in [0.15, 0.2) is 12.4 Å². The van der Waals surface area contributed by atoms with Crippen molar-refractivity contribution in [2.75, 3.05) is 6.61 Å². The topological polar surface area (TPSA) is 124 Å². The number of fused-ring (bicyclic) bond motifs is 1. The van der Waals surface area contributed by atoms with Gasteiger partial charge in [-0.1, -0.05) is 18.2 Å². The number of hydrogen-bond donors (Lipinski definition) is 0. The zero-order chi connectivity index (χ0) is 22.2. The molecule has 0 saturated carbocycles. The predicted molar refractivity (Wildman–Crippen MR) is 104 cm³/mol. The van der Waals surface area contributed by atoms with Gasteiger partial charge in [0.1, 0.15) is 11.6 Å². The molecule has 2 amide bonds. The summed E-state index contributed by atoms with van der Waals surface area (Å²) < 4.78 is 5.01. The molecule has 2 aromatic rings. The third kappa shape index (κ3) is 3.57. The third-order valence-electron chi connectivity index (χ3n) is 5.02. The van der Waals surface area contributed by atoms with Crippen LogP contribution >= 0.6 is 0 Å². The molecule has 9 nitrogen and oxygen atoms in total. The van der Waals surface area contributed by atoms with Crippen LogP contribution in [0.4, 0.5) is 5.69 Å². The van der Waals surface area contributed by atoms with E-state index >= 15 is 0 Å². The summed E-state index contributed by atoms with van der Waals surface area (Å²) in [6.07, 6.45) is 0. The Kier molecular flexibility index (Phi) is 5.46. The van der Waals surface area contributed by atoms with Crippen molar-refractivity contribution in [1.29, 1.82) is 0 Å². The summed E-state index contributed by atoms with van der Waals surface area (Å²) in [4.78, 5) is 60.9. The number of esters is 1.